The molecule has 0 aliphatic rings. The number of aliphatic carboxylic acids is 1. The number of nitrogens with two attached hydrogens (primary N) is 1. The van der Waals surface area contributed by atoms with Gasteiger partial charge in [-0.25, -0.2) is 0 Å². The van der Waals surface area contributed by atoms with Crippen molar-refractivity contribution >= 4 is 34.2 Å². The number of halogens is 1. The van der Waals surface area contributed by atoms with Crippen molar-refractivity contribution in [2.45, 2.75) is 19.4 Å². The first kappa shape index (κ1) is 15.3. The fraction of sp³-hybridized carbons (Fsp3) is 0.308. The molecule has 2 rings (SSSR count). The van der Waals surface area contributed by atoms with Gasteiger partial charge in [0.05, 0.1) is 15.8 Å². The predicted molar refractivity (Wildman–Crippen MR) is 78.6 cm³/mol. The summed E-state index contributed by atoms with van der Waals surface area (Å²) >= 11 is 5.93. The average molecular weight is 312 g/mol. The Morgan fingerprint density at radius 3 is 2.71 bits per heavy atom. The molecule has 0 aliphatic carbocycles. The Morgan fingerprint density at radius 2 is 2.19 bits per heavy atom. The van der Waals surface area contributed by atoms with Crippen molar-refractivity contribution in [1.82, 2.24) is 4.57 Å². The molecule has 0 amide bonds. The van der Waals surface area contributed by atoms with Gasteiger partial charge in [-0.1, -0.05) is 11.6 Å². The second kappa shape index (κ2) is 5.34. The van der Waals surface area contributed by atoms with E-state index in [0.29, 0.717) is 16.5 Å². The summed E-state index contributed by atoms with van der Waals surface area (Å²) in [7, 11) is 1.76. The maximum absolute atomic E-state index is 11.3. The third kappa shape index (κ3) is 2.45. The largest absolute Gasteiger partial charge is 0.480 e. The Morgan fingerprint density at radius 1 is 1.57 bits per heavy atom. The lowest BCUT2D eigenvalue weighted by molar-refractivity contribution is -0.382. The Balaban J connectivity index is 2.80. The molecule has 1 heterocycles. The van der Waals surface area contributed by atoms with Gasteiger partial charge in [0.25, 0.3) is 5.69 Å². The lowest BCUT2D eigenvalue weighted by Gasteiger charge is -2.07. The smallest absolute Gasteiger partial charge is 0.320 e. The SMILES string of the molecule is Cc1c(CC(N)C(=O)O)c2c([N+](=O)[O-])c(Cl)ccc2n1C. The van der Waals surface area contributed by atoms with Gasteiger partial charge in [-0.2, -0.15) is 0 Å². The van der Waals surface area contributed by atoms with Crippen LogP contribution in [0.4, 0.5) is 5.69 Å². The van der Waals surface area contributed by atoms with Crippen LogP contribution < -0.4 is 5.73 Å². The van der Waals surface area contributed by atoms with Crippen LogP contribution in [0.2, 0.25) is 5.02 Å². The van der Waals surface area contributed by atoms with Crippen LogP contribution in [-0.4, -0.2) is 26.6 Å². The molecule has 1 aromatic carbocycles. The first-order valence-corrected chi connectivity index (χ1v) is 6.52. The van der Waals surface area contributed by atoms with E-state index in [1.165, 1.54) is 6.07 Å². The highest BCUT2D eigenvalue weighted by molar-refractivity contribution is 6.34. The van der Waals surface area contributed by atoms with E-state index in [9.17, 15) is 14.9 Å². The number of carboxylic acids is 1. The maximum atomic E-state index is 11.3. The van der Waals surface area contributed by atoms with Crippen LogP contribution in [0.15, 0.2) is 12.1 Å². The fourth-order valence-corrected chi connectivity index (χ4v) is 2.66. The lowest BCUT2D eigenvalue weighted by Crippen LogP contribution is -2.32. The number of carboxylic acid groups (broad SMARTS) is 1. The Labute approximate surface area is 125 Å². The molecule has 0 saturated heterocycles. The highest BCUT2D eigenvalue weighted by atomic mass is 35.5. The van der Waals surface area contributed by atoms with E-state index >= 15 is 0 Å². The van der Waals surface area contributed by atoms with E-state index in [1.807, 2.05) is 0 Å². The van der Waals surface area contributed by atoms with Gasteiger partial charge in [0, 0.05) is 19.2 Å². The summed E-state index contributed by atoms with van der Waals surface area (Å²) in [5.41, 5.74) is 7.24. The van der Waals surface area contributed by atoms with Crippen LogP contribution in [0, 0.1) is 17.0 Å². The van der Waals surface area contributed by atoms with Gasteiger partial charge >= 0.3 is 5.97 Å². The third-order valence-corrected chi connectivity index (χ3v) is 3.94. The van der Waals surface area contributed by atoms with Crippen molar-refractivity contribution in [3.05, 3.63) is 38.5 Å². The molecule has 21 heavy (non-hydrogen) atoms. The average Bonchev–Trinajstić information content (AvgIpc) is 2.63. The Bertz CT molecular complexity index is 754. The van der Waals surface area contributed by atoms with Crippen molar-refractivity contribution in [2.75, 3.05) is 0 Å². The van der Waals surface area contributed by atoms with Gasteiger partial charge in [-0.15, -0.1) is 0 Å². The normalized spacial score (nSPS) is 12.6. The van der Waals surface area contributed by atoms with Crippen molar-refractivity contribution in [3.8, 4) is 0 Å². The minimum Gasteiger partial charge on any atom is -0.480 e. The number of hydrogen-bond acceptors (Lipinski definition) is 4. The van der Waals surface area contributed by atoms with Gasteiger partial charge in [-0.3, -0.25) is 14.9 Å². The van der Waals surface area contributed by atoms with Crippen molar-refractivity contribution in [2.24, 2.45) is 12.8 Å². The van der Waals surface area contributed by atoms with E-state index in [-0.39, 0.29) is 17.1 Å². The van der Waals surface area contributed by atoms with Gasteiger partial charge < -0.3 is 15.4 Å². The van der Waals surface area contributed by atoms with Crippen LogP contribution >= 0.6 is 11.6 Å². The van der Waals surface area contributed by atoms with Crippen LogP contribution in [0.3, 0.4) is 0 Å². The molecule has 1 unspecified atom stereocenters. The Hall–Kier alpha value is -2.12. The zero-order chi connectivity index (χ0) is 15.9. The number of aromatic nitrogens is 1. The number of nitro benzene ring substituents is 1. The molecule has 7 nitrogen and oxygen atoms in total. The Kier molecular flexibility index (Phi) is 3.89. The monoisotopic (exact) mass is 311 g/mol. The zero-order valence-corrected chi connectivity index (χ0v) is 12.2. The summed E-state index contributed by atoms with van der Waals surface area (Å²) in [4.78, 5) is 21.7. The highest BCUT2D eigenvalue weighted by Crippen LogP contribution is 2.38. The molecule has 0 saturated carbocycles. The zero-order valence-electron chi connectivity index (χ0n) is 11.5. The molecule has 8 heteroatoms. The fourth-order valence-electron chi connectivity index (χ4n) is 2.43. The van der Waals surface area contributed by atoms with Crippen LogP contribution in [0.25, 0.3) is 10.9 Å². The highest BCUT2D eigenvalue weighted by Gasteiger charge is 2.26. The summed E-state index contributed by atoms with van der Waals surface area (Å²) in [5, 5.41) is 20.6. The minimum atomic E-state index is -1.16. The lowest BCUT2D eigenvalue weighted by atomic mass is 10.0. The molecule has 1 atom stereocenters. The van der Waals surface area contributed by atoms with Crippen LogP contribution in [0.1, 0.15) is 11.3 Å². The molecule has 112 valence electrons. The van der Waals surface area contributed by atoms with E-state index in [4.69, 9.17) is 22.4 Å². The second-order valence-electron chi connectivity index (χ2n) is 4.82. The van der Waals surface area contributed by atoms with Crippen molar-refractivity contribution < 1.29 is 14.8 Å². The number of nitro groups is 1. The molecule has 0 fully saturated rings. The number of benzene rings is 1. The molecule has 1 aromatic heterocycles. The second-order valence-corrected chi connectivity index (χ2v) is 5.23. The first-order chi connectivity index (χ1) is 9.75. The summed E-state index contributed by atoms with van der Waals surface area (Å²) in [6.07, 6.45) is -0.000309. The van der Waals surface area contributed by atoms with Gasteiger partial charge in [0.2, 0.25) is 0 Å². The summed E-state index contributed by atoms with van der Waals surface area (Å²) in [5.74, 6) is -1.16. The molecule has 2 aromatic rings. The summed E-state index contributed by atoms with van der Waals surface area (Å²) in [6, 6.07) is 2.00. The maximum Gasteiger partial charge on any atom is 0.320 e. The quantitative estimate of drug-likeness (QED) is 0.662. The molecule has 0 aliphatic heterocycles. The van der Waals surface area contributed by atoms with Gasteiger partial charge in [0.1, 0.15) is 11.1 Å². The number of rotatable bonds is 4. The molecular formula is C13H14ClN3O4. The van der Waals surface area contributed by atoms with E-state index in [0.717, 1.165) is 5.69 Å². The summed E-state index contributed by atoms with van der Waals surface area (Å²) in [6.45, 7) is 1.77. The number of aryl methyl sites for hydroxylation is 1. The third-order valence-electron chi connectivity index (χ3n) is 3.63. The topological polar surface area (TPSA) is 111 Å². The number of fused-ring (bicyclic) bond motifs is 1. The van der Waals surface area contributed by atoms with Crippen molar-refractivity contribution in [1.29, 1.82) is 0 Å². The van der Waals surface area contributed by atoms with Gasteiger partial charge in [-0.05, 0) is 24.6 Å². The van der Waals surface area contributed by atoms with Crippen LogP contribution in [0.5, 0.6) is 0 Å². The van der Waals surface area contributed by atoms with E-state index in [1.54, 1.807) is 24.6 Å². The first-order valence-electron chi connectivity index (χ1n) is 6.14. The molecular weight excluding hydrogens is 298 g/mol. The number of hydrogen-bond donors (Lipinski definition) is 2. The molecule has 0 radical (unpaired) electrons. The number of nitrogens with zero attached hydrogens (tertiary/aromatic N) is 2. The summed E-state index contributed by atoms with van der Waals surface area (Å²) < 4.78 is 1.77. The minimum absolute atomic E-state index is 0.000309. The molecule has 0 spiro atoms. The van der Waals surface area contributed by atoms with E-state index in [2.05, 4.69) is 0 Å². The molecule has 3 N–H and O–H groups in total. The van der Waals surface area contributed by atoms with Gasteiger partial charge in [0.15, 0.2) is 0 Å². The van der Waals surface area contributed by atoms with Crippen molar-refractivity contribution in [3.63, 3.8) is 0 Å². The van der Waals surface area contributed by atoms with E-state index < -0.39 is 16.9 Å². The number of carbonyl (C=O) groups is 1. The molecule has 0 bridgehead atoms. The predicted octanol–water partition coefficient (Wildman–Crippen LogP) is 2.00. The standard InChI is InChI=1S/C13H14ClN3O4/c1-6-7(5-9(15)13(18)19)11-10(16(6)2)4-3-8(14)12(11)17(20)21/h3-4,9H,5,15H2,1-2H3,(H,18,19). The van der Waals surface area contributed by atoms with Crippen LogP contribution in [-0.2, 0) is 18.3 Å².